The normalized spacial score (nSPS) is 14.7. The SMILES string of the molecule is COC(=O)[B]NC(=O)C(NC(=O)CC(O)C(N)CC(C)C)C(C)C. The van der Waals surface area contributed by atoms with Gasteiger partial charge in [0.05, 0.1) is 19.6 Å². The van der Waals surface area contributed by atoms with E-state index in [0.717, 1.165) is 7.41 Å². The molecule has 1 radical (unpaired) electrons. The minimum absolute atomic E-state index is 0.189. The molecule has 3 unspecified atom stereocenters. The second kappa shape index (κ2) is 11.0. The zero-order valence-electron chi connectivity index (χ0n) is 15.0. The Morgan fingerprint density at radius 1 is 1.21 bits per heavy atom. The maximum absolute atomic E-state index is 12.1. The van der Waals surface area contributed by atoms with Crippen LogP contribution >= 0.6 is 0 Å². The molecule has 0 aliphatic carbocycles. The highest BCUT2D eigenvalue weighted by Crippen LogP contribution is 2.09. The number of hydrogen-bond acceptors (Lipinski definition) is 6. The van der Waals surface area contributed by atoms with Gasteiger partial charge >= 0.3 is 7.41 Å². The van der Waals surface area contributed by atoms with Crippen LogP contribution in [0.5, 0.6) is 0 Å². The van der Waals surface area contributed by atoms with Crippen LogP contribution in [-0.4, -0.2) is 55.5 Å². The molecule has 3 atom stereocenters. The van der Waals surface area contributed by atoms with Crippen molar-refractivity contribution in [2.45, 2.75) is 58.7 Å². The molecule has 9 heteroatoms. The molecule has 0 spiro atoms. The Bertz CT molecular complexity index is 431. The number of amides is 2. The van der Waals surface area contributed by atoms with E-state index in [9.17, 15) is 19.5 Å². The average Bonchev–Trinajstić information content (AvgIpc) is 2.48. The van der Waals surface area contributed by atoms with Crippen molar-refractivity contribution in [3.63, 3.8) is 0 Å². The Labute approximate surface area is 144 Å². The summed E-state index contributed by atoms with van der Waals surface area (Å²) >= 11 is 0. The lowest BCUT2D eigenvalue weighted by Gasteiger charge is -2.24. The van der Waals surface area contributed by atoms with Gasteiger partial charge in [-0.05, 0) is 18.3 Å². The van der Waals surface area contributed by atoms with E-state index in [4.69, 9.17) is 5.73 Å². The van der Waals surface area contributed by atoms with E-state index < -0.39 is 35.9 Å². The number of methoxy groups -OCH3 is 1. The van der Waals surface area contributed by atoms with Crippen LogP contribution in [0.1, 0.15) is 40.5 Å². The maximum Gasteiger partial charge on any atom is 0.392 e. The molecule has 0 aliphatic rings. The van der Waals surface area contributed by atoms with Gasteiger partial charge in [0.15, 0.2) is 0 Å². The Hall–Kier alpha value is -1.61. The molecule has 0 heterocycles. The Morgan fingerprint density at radius 2 is 1.79 bits per heavy atom. The minimum atomic E-state index is -0.982. The number of aliphatic hydroxyl groups is 1. The molecule has 137 valence electrons. The molecule has 0 saturated carbocycles. The van der Waals surface area contributed by atoms with Crippen LogP contribution in [0.2, 0.25) is 0 Å². The second-order valence-electron chi connectivity index (χ2n) is 6.53. The number of ether oxygens (including phenoxy) is 1. The van der Waals surface area contributed by atoms with E-state index in [0.29, 0.717) is 12.3 Å². The van der Waals surface area contributed by atoms with Crippen molar-refractivity contribution >= 4 is 25.1 Å². The van der Waals surface area contributed by atoms with E-state index in [2.05, 4.69) is 15.3 Å². The molecular formula is C15H29BN3O5. The van der Waals surface area contributed by atoms with Gasteiger partial charge in [0.2, 0.25) is 11.8 Å². The third-order valence-corrected chi connectivity index (χ3v) is 3.43. The number of carbonyl (C=O) groups excluding carboxylic acids is 3. The summed E-state index contributed by atoms with van der Waals surface area (Å²) in [5.41, 5.74) is 5.85. The molecule has 0 bridgehead atoms. The van der Waals surface area contributed by atoms with Gasteiger partial charge in [-0.2, -0.15) is 0 Å². The summed E-state index contributed by atoms with van der Waals surface area (Å²) in [6.07, 6.45) is -0.577. The smallest absolute Gasteiger partial charge is 0.392 e. The highest BCUT2D eigenvalue weighted by atomic mass is 16.5. The highest BCUT2D eigenvalue weighted by molar-refractivity contribution is 6.71. The van der Waals surface area contributed by atoms with Gasteiger partial charge in [-0.15, -0.1) is 0 Å². The van der Waals surface area contributed by atoms with Gasteiger partial charge in [-0.25, -0.2) is 0 Å². The molecule has 0 aromatic carbocycles. The second-order valence-corrected chi connectivity index (χ2v) is 6.53. The van der Waals surface area contributed by atoms with Crippen LogP contribution in [0.4, 0.5) is 4.79 Å². The van der Waals surface area contributed by atoms with E-state index in [1.54, 1.807) is 13.8 Å². The van der Waals surface area contributed by atoms with Crippen LogP contribution in [0.25, 0.3) is 0 Å². The van der Waals surface area contributed by atoms with Crippen molar-refractivity contribution in [1.29, 1.82) is 0 Å². The summed E-state index contributed by atoms with van der Waals surface area (Å²) in [6.45, 7) is 7.46. The van der Waals surface area contributed by atoms with Crippen molar-refractivity contribution in [2.24, 2.45) is 17.6 Å². The average molecular weight is 342 g/mol. The molecule has 0 fully saturated rings. The molecule has 0 saturated heterocycles. The number of nitrogens with one attached hydrogen (secondary N) is 2. The number of hydrogen-bond donors (Lipinski definition) is 4. The molecule has 0 aromatic heterocycles. The van der Waals surface area contributed by atoms with Gasteiger partial charge in [0, 0.05) is 6.04 Å². The Morgan fingerprint density at radius 3 is 2.25 bits per heavy atom. The fraction of sp³-hybridized carbons (Fsp3) is 0.800. The largest absolute Gasteiger partial charge is 0.476 e. The van der Waals surface area contributed by atoms with Crippen molar-refractivity contribution in [3.05, 3.63) is 0 Å². The van der Waals surface area contributed by atoms with Crippen LogP contribution in [0.3, 0.4) is 0 Å². The fourth-order valence-electron chi connectivity index (χ4n) is 2.09. The topological polar surface area (TPSA) is 131 Å². The van der Waals surface area contributed by atoms with E-state index in [-0.39, 0.29) is 12.3 Å². The number of nitrogens with two attached hydrogens (primary N) is 1. The molecule has 0 aromatic rings. The van der Waals surface area contributed by atoms with Gasteiger partial charge in [-0.1, -0.05) is 27.7 Å². The molecular weight excluding hydrogens is 313 g/mol. The first kappa shape index (κ1) is 22.4. The van der Waals surface area contributed by atoms with E-state index in [1.165, 1.54) is 7.11 Å². The first-order valence-electron chi connectivity index (χ1n) is 8.03. The zero-order valence-corrected chi connectivity index (χ0v) is 15.0. The van der Waals surface area contributed by atoms with Gasteiger partial charge in [-0.3, -0.25) is 14.4 Å². The fourth-order valence-corrected chi connectivity index (χ4v) is 2.09. The highest BCUT2D eigenvalue weighted by Gasteiger charge is 2.27. The van der Waals surface area contributed by atoms with E-state index in [1.807, 2.05) is 13.8 Å². The Balaban J connectivity index is 4.57. The van der Waals surface area contributed by atoms with Crippen LogP contribution in [0.15, 0.2) is 0 Å². The summed E-state index contributed by atoms with van der Waals surface area (Å²) in [7, 11) is 2.08. The van der Waals surface area contributed by atoms with Gasteiger partial charge in [0.1, 0.15) is 6.04 Å². The molecule has 5 N–H and O–H groups in total. The lowest BCUT2D eigenvalue weighted by Crippen LogP contribution is -2.52. The molecule has 0 rings (SSSR count). The van der Waals surface area contributed by atoms with Crippen LogP contribution in [0, 0.1) is 11.8 Å². The zero-order chi connectivity index (χ0) is 18.9. The van der Waals surface area contributed by atoms with Crippen LogP contribution in [-0.2, 0) is 14.3 Å². The predicted octanol–water partition coefficient (Wildman–Crippen LogP) is -0.247. The third-order valence-electron chi connectivity index (χ3n) is 3.43. The maximum atomic E-state index is 12.1. The van der Waals surface area contributed by atoms with Gasteiger partial charge in [0.25, 0.3) is 5.87 Å². The first-order valence-corrected chi connectivity index (χ1v) is 8.03. The van der Waals surface area contributed by atoms with Crippen LogP contribution < -0.4 is 16.3 Å². The van der Waals surface area contributed by atoms with Crippen molar-refractivity contribution in [2.75, 3.05) is 7.11 Å². The summed E-state index contributed by atoms with van der Waals surface area (Å²) in [5.74, 6) is -1.62. The van der Waals surface area contributed by atoms with E-state index >= 15 is 0 Å². The van der Waals surface area contributed by atoms with Crippen molar-refractivity contribution in [1.82, 2.24) is 10.5 Å². The predicted molar refractivity (Wildman–Crippen MR) is 91.1 cm³/mol. The number of aliphatic hydroxyl groups excluding tert-OH is 1. The van der Waals surface area contributed by atoms with Gasteiger partial charge < -0.3 is 26.1 Å². The molecule has 8 nitrogen and oxygen atoms in total. The minimum Gasteiger partial charge on any atom is -0.476 e. The lowest BCUT2D eigenvalue weighted by molar-refractivity contribution is -0.130. The standard InChI is InChI=1S/C15H29BN3O5/c1-8(2)6-10(17)11(20)7-12(21)18-13(9(3)4)14(22)19-16-15(23)24-5/h8-11,13,20H,6-7,17H2,1-5H3,(H,18,21)(H,19,22). The summed E-state index contributed by atoms with van der Waals surface area (Å²) in [6, 6.07) is -1.35. The molecule has 0 aliphatic heterocycles. The lowest BCUT2D eigenvalue weighted by atomic mass is 9.92. The molecule has 2 amide bonds. The number of carbonyl (C=O) groups is 3. The third kappa shape index (κ3) is 8.88. The quantitative estimate of drug-likeness (QED) is 0.405. The molecule has 24 heavy (non-hydrogen) atoms. The number of rotatable bonds is 10. The Kier molecular flexibility index (Phi) is 10.3. The summed E-state index contributed by atoms with van der Waals surface area (Å²) in [4.78, 5) is 35.1. The van der Waals surface area contributed by atoms with Crippen molar-refractivity contribution in [3.8, 4) is 0 Å². The monoisotopic (exact) mass is 342 g/mol. The van der Waals surface area contributed by atoms with Crippen molar-refractivity contribution < 1.29 is 24.2 Å². The summed E-state index contributed by atoms with van der Waals surface area (Å²) in [5, 5.41) is 14.8. The first-order chi connectivity index (χ1) is 11.1. The summed E-state index contributed by atoms with van der Waals surface area (Å²) < 4.78 is 4.39.